The van der Waals surface area contributed by atoms with Crippen LogP contribution < -0.4 is 14.4 Å². The number of benzene rings is 2. The summed E-state index contributed by atoms with van der Waals surface area (Å²) >= 11 is 0. The first-order chi connectivity index (χ1) is 17.2. The Hall–Kier alpha value is -3.07. The monoisotopic (exact) mass is 517 g/mol. The van der Waals surface area contributed by atoms with Crippen LogP contribution in [0.15, 0.2) is 54.6 Å². The number of sulfonamides is 1. The Labute approximate surface area is 215 Å². The highest BCUT2D eigenvalue weighted by Crippen LogP contribution is 2.23. The number of methoxy groups -OCH3 is 1. The second-order valence-electron chi connectivity index (χ2n) is 8.68. The smallest absolute Gasteiger partial charge is 0.242 e. The van der Waals surface area contributed by atoms with Gasteiger partial charge in [0.15, 0.2) is 0 Å². The highest BCUT2D eigenvalue weighted by atomic mass is 32.2. The lowest BCUT2D eigenvalue weighted by Gasteiger charge is -2.31. The van der Waals surface area contributed by atoms with Crippen LogP contribution in [0.4, 0.5) is 5.69 Å². The molecule has 2 amide bonds. The van der Waals surface area contributed by atoms with Gasteiger partial charge in [-0.2, -0.15) is 0 Å². The first-order valence-corrected chi connectivity index (χ1v) is 14.3. The maximum absolute atomic E-state index is 13.4. The third-order valence-corrected chi connectivity index (χ3v) is 7.11. The number of anilines is 1. The van der Waals surface area contributed by atoms with Gasteiger partial charge in [-0.3, -0.25) is 13.9 Å². The van der Waals surface area contributed by atoms with Crippen LogP contribution in [0, 0.1) is 0 Å². The van der Waals surface area contributed by atoms with Crippen LogP contribution in [-0.4, -0.2) is 64.2 Å². The molecule has 0 bridgehead atoms. The Kier molecular flexibility index (Phi) is 11.7. The van der Waals surface area contributed by atoms with E-state index in [0.29, 0.717) is 43.8 Å². The molecule has 0 spiro atoms. The molecule has 0 aromatic heterocycles. The maximum atomic E-state index is 13.4. The zero-order valence-electron chi connectivity index (χ0n) is 21.8. The Morgan fingerprint density at radius 1 is 1.03 bits per heavy atom. The highest BCUT2D eigenvalue weighted by Gasteiger charge is 2.28. The molecule has 0 unspecified atom stereocenters. The van der Waals surface area contributed by atoms with E-state index in [9.17, 15) is 18.0 Å². The molecule has 1 N–H and O–H groups in total. The number of nitrogens with one attached hydrogen (secondary N) is 1. The van der Waals surface area contributed by atoms with Crippen molar-refractivity contribution in [3.05, 3.63) is 60.2 Å². The van der Waals surface area contributed by atoms with Gasteiger partial charge in [-0.15, -0.1) is 0 Å². The summed E-state index contributed by atoms with van der Waals surface area (Å²) in [4.78, 5) is 27.9. The lowest BCUT2D eigenvalue weighted by Crippen LogP contribution is -2.50. The molecule has 0 aliphatic heterocycles. The zero-order valence-corrected chi connectivity index (χ0v) is 22.6. The van der Waals surface area contributed by atoms with Crippen LogP contribution in [0.2, 0.25) is 0 Å². The molecule has 0 aliphatic carbocycles. The number of hydrogen-bond acceptors (Lipinski definition) is 5. The van der Waals surface area contributed by atoms with Gasteiger partial charge in [0.05, 0.1) is 19.1 Å². The largest absolute Gasteiger partial charge is 0.497 e. The summed E-state index contributed by atoms with van der Waals surface area (Å²) in [5, 5.41) is 2.91. The minimum Gasteiger partial charge on any atom is -0.497 e. The second kappa shape index (κ2) is 14.5. The first kappa shape index (κ1) is 29.2. The number of carbonyl (C=O) groups is 2. The average molecular weight is 518 g/mol. The van der Waals surface area contributed by atoms with E-state index in [1.54, 1.807) is 29.2 Å². The fraction of sp³-hybridized carbons (Fsp3) is 0.481. The van der Waals surface area contributed by atoms with Gasteiger partial charge in [0, 0.05) is 32.1 Å². The number of hydrogen-bond donors (Lipinski definition) is 1. The molecule has 0 fully saturated rings. The van der Waals surface area contributed by atoms with Gasteiger partial charge in [0.1, 0.15) is 11.8 Å². The van der Waals surface area contributed by atoms with Crippen molar-refractivity contribution < 1.29 is 22.7 Å². The van der Waals surface area contributed by atoms with Crippen molar-refractivity contribution in [2.24, 2.45) is 0 Å². The maximum Gasteiger partial charge on any atom is 0.242 e. The van der Waals surface area contributed by atoms with E-state index in [1.165, 1.54) is 11.4 Å². The van der Waals surface area contributed by atoms with Gasteiger partial charge >= 0.3 is 0 Å². The molecular weight excluding hydrogens is 478 g/mol. The summed E-state index contributed by atoms with van der Waals surface area (Å²) in [6.07, 6.45) is 3.52. The summed E-state index contributed by atoms with van der Waals surface area (Å²) in [6.45, 7) is 4.98. The predicted molar refractivity (Wildman–Crippen MR) is 144 cm³/mol. The molecule has 0 saturated carbocycles. The SMILES string of the molecule is CCCNC(=O)[C@@H](CC)N(CCc1ccccc1)C(=O)CCCN(c1cccc(OC)c1)S(C)(=O)=O. The molecule has 0 radical (unpaired) electrons. The third-order valence-electron chi connectivity index (χ3n) is 5.91. The van der Waals surface area contributed by atoms with Gasteiger partial charge in [-0.05, 0) is 43.4 Å². The second-order valence-corrected chi connectivity index (χ2v) is 10.6. The Balaban J connectivity index is 2.15. The number of amides is 2. The summed E-state index contributed by atoms with van der Waals surface area (Å²) < 4.78 is 31.5. The molecular formula is C27H39N3O5S. The molecule has 0 saturated heterocycles. The van der Waals surface area contributed by atoms with E-state index in [-0.39, 0.29) is 24.8 Å². The topological polar surface area (TPSA) is 96.0 Å². The van der Waals surface area contributed by atoms with Crippen LogP contribution >= 0.6 is 0 Å². The number of rotatable bonds is 15. The summed E-state index contributed by atoms with van der Waals surface area (Å²) in [6, 6.07) is 16.1. The fourth-order valence-electron chi connectivity index (χ4n) is 4.03. The zero-order chi connectivity index (χ0) is 26.6. The summed E-state index contributed by atoms with van der Waals surface area (Å²) in [5.41, 5.74) is 1.57. The van der Waals surface area contributed by atoms with E-state index >= 15 is 0 Å². The van der Waals surface area contributed by atoms with Crippen molar-refractivity contribution in [1.82, 2.24) is 10.2 Å². The average Bonchev–Trinajstić information content (AvgIpc) is 2.87. The van der Waals surface area contributed by atoms with Crippen molar-refractivity contribution in [3.8, 4) is 5.75 Å². The molecule has 2 aromatic carbocycles. The van der Waals surface area contributed by atoms with Crippen LogP contribution in [0.3, 0.4) is 0 Å². The number of nitrogens with zero attached hydrogens (tertiary/aromatic N) is 2. The number of carbonyl (C=O) groups excluding carboxylic acids is 2. The standard InChI is InChI=1S/C27H39N3O5S/c1-5-18-28-27(32)25(6-2)29(20-17-22-12-8-7-9-13-22)26(31)16-11-19-30(36(4,33)34)23-14-10-15-24(21-23)35-3/h7-10,12-15,21,25H,5-6,11,16-20H2,1-4H3,(H,28,32)/t25-/m1/s1. The Morgan fingerprint density at radius 2 is 1.75 bits per heavy atom. The van der Waals surface area contributed by atoms with Crippen LogP contribution in [0.25, 0.3) is 0 Å². The Bertz CT molecular complexity index is 1080. The molecule has 198 valence electrons. The van der Waals surface area contributed by atoms with Gasteiger partial charge in [0.2, 0.25) is 21.8 Å². The number of ether oxygens (including phenoxy) is 1. The van der Waals surface area contributed by atoms with E-state index in [0.717, 1.165) is 18.2 Å². The lowest BCUT2D eigenvalue weighted by molar-refractivity contribution is -0.140. The van der Waals surface area contributed by atoms with E-state index in [2.05, 4.69) is 5.32 Å². The van der Waals surface area contributed by atoms with Crippen LogP contribution in [0.1, 0.15) is 45.1 Å². The molecule has 0 aliphatic rings. The fourth-order valence-corrected chi connectivity index (χ4v) is 4.99. The van der Waals surface area contributed by atoms with Crippen molar-refractivity contribution in [2.45, 2.75) is 52.0 Å². The summed E-state index contributed by atoms with van der Waals surface area (Å²) in [5.74, 6) is 0.228. The predicted octanol–water partition coefficient (Wildman–Crippen LogP) is 3.62. The van der Waals surface area contributed by atoms with E-state index in [1.807, 2.05) is 44.2 Å². The Morgan fingerprint density at radius 3 is 2.36 bits per heavy atom. The first-order valence-electron chi connectivity index (χ1n) is 12.4. The molecule has 9 heteroatoms. The van der Waals surface area contributed by atoms with E-state index in [4.69, 9.17) is 4.74 Å². The minimum absolute atomic E-state index is 0.127. The summed E-state index contributed by atoms with van der Waals surface area (Å²) in [7, 11) is -2.04. The minimum atomic E-state index is -3.56. The van der Waals surface area contributed by atoms with Crippen molar-refractivity contribution >= 4 is 27.5 Å². The van der Waals surface area contributed by atoms with E-state index < -0.39 is 16.1 Å². The molecule has 1 atom stereocenters. The quantitative estimate of drug-likeness (QED) is 0.389. The normalized spacial score (nSPS) is 12.0. The molecule has 36 heavy (non-hydrogen) atoms. The molecule has 0 heterocycles. The van der Waals surface area contributed by atoms with Crippen LogP contribution in [-0.2, 0) is 26.0 Å². The molecule has 2 aromatic rings. The lowest BCUT2D eigenvalue weighted by atomic mass is 10.1. The van der Waals surface area contributed by atoms with Crippen molar-refractivity contribution in [3.63, 3.8) is 0 Å². The van der Waals surface area contributed by atoms with Crippen LogP contribution in [0.5, 0.6) is 5.75 Å². The molecule has 8 nitrogen and oxygen atoms in total. The van der Waals surface area contributed by atoms with Gasteiger partial charge in [-0.1, -0.05) is 50.2 Å². The van der Waals surface area contributed by atoms with Gasteiger partial charge in [-0.25, -0.2) is 8.42 Å². The van der Waals surface area contributed by atoms with Gasteiger partial charge in [0.25, 0.3) is 0 Å². The van der Waals surface area contributed by atoms with Gasteiger partial charge < -0.3 is 15.0 Å². The highest BCUT2D eigenvalue weighted by molar-refractivity contribution is 7.92. The van der Waals surface area contributed by atoms with Crippen molar-refractivity contribution in [2.75, 3.05) is 37.3 Å². The molecule has 2 rings (SSSR count). The third kappa shape index (κ3) is 8.86. The van der Waals surface area contributed by atoms with Crippen molar-refractivity contribution in [1.29, 1.82) is 0 Å².